The summed E-state index contributed by atoms with van der Waals surface area (Å²) < 4.78 is 5.78. The van der Waals surface area contributed by atoms with Crippen LogP contribution >= 0.6 is 0 Å². The van der Waals surface area contributed by atoms with Crippen LogP contribution in [0.25, 0.3) is 0 Å². The third-order valence-electron chi connectivity index (χ3n) is 4.83. The van der Waals surface area contributed by atoms with Gasteiger partial charge in [-0.1, -0.05) is 0 Å². The summed E-state index contributed by atoms with van der Waals surface area (Å²) in [6.07, 6.45) is 2.76. The largest absolute Gasteiger partial charge is 0.373 e. The van der Waals surface area contributed by atoms with Crippen LogP contribution in [0.5, 0.6) is 0 Å². The molecule has 7 heteroatoms. The molecule has 2 rings (SSSR count). The number of nitrogens with one attached hydrogen (secondary N) is 1. The van der Waals surface area contributed by atoms with Crippen LogP contribution in [-0.4, -0.2) is 72.7 Å². The molecule has 0 aromatic carbocycles. The molecule has 0 spiro atoms. The van der Waals surface area contributed by atoms with E-state index in [9.17, 15) is 9.59 Å². The van der Waals surface area contributed by atoms with Gasteiger partial charge in [0, 0.05) is 19.6 Å². The number of imide groups is 1. The first-order chi connectivity index (χ1) is 10.8. The zero-order chi connectivity index (χ0) is 17.0. The lowest BCUT2D eigenvalue weighted by Crippen LogP contribution is -2.52. The molecule has 0 saturated carbocycles. The highest BCUT2D eigenvalue weighted by Crippen LogP contribution is 2.22. The van der Waals surface area contributed by atoms with E-state index in [4.69, 9.17) is 10.5 Å². The molecule has 0 bridgehead atoms. The monoisotopic (exact) mass is 326 g/mol. The molecule has 2 fully saturated rings. The summed E-state index contributed by atoms with van der Waals surface area (Å²) in [5.41, 5.74) is 5.00. The topological polar surface area (TPSA) is 87.9 Å². The molecule has 23 heavy (non-hydrogen) atoms. The Bertz CT molecular complexity index is 414. The van der Waals surface area contributed by atoms with E-state index in [1.165, 1.54) is 0 Å². The molecule has 3 N–H and O–H groups in total. The molecule has 2 aliphatic heterocycles. The SMILES string of the molecule is C[C@@H]1CN(CC2CCN([C@@H](C)C(=O)NC(N)=O)CC2)C[C@@H](C)O1. The van der Waals surface area contributed by atoms with Crippen molar-refractivity contribution >= 4 is 11.9 Å². The maximum atomic E-state index is 11.8. The van der Waals surface area contributed by atoms with Crippen LogP contribution in [-0.2, 0) is 9.53 Å². The zero-order valence-electron chi connectivity index (χ0n) is 14.5. The number of carbonyl (C=O) groups is 2. The Labute approximate surface area is 138 Å². The maximum Gasteiger partial charge on any atom is 0.318 e. The van der Waals surface area contributed by atoms with Crippen LogP contribution in [0.3, 0.4) is 0 Å². The van der Waals surface area contributed by atoms with Gasteiger partial charge in [0.05, 0.1) is 18.2 Å². The van der Waals surface area contributed by atoms with Gasteiger partial charge < -0.3 is 10.5 Å². The van der Waals surface area contributed by atoms with Crippen LogP contribution in [0.4, 0.5) is 4.79 Å². The van der Waals surface area contributed by atoms with E-state index in [0.717, 1.165) is 45.6 Å². The average molecular weight is 326 g/mol. The number of amides is 3. The van der Waals surface area contributed by atoms with Crippen molar-refractivity contribution in [1.29, 1.82) is 0 Å². The molecule has 0 aliphatic carbocycles. The average Bonchev–Trinajstić information content (AvgIpc) is 2.45. The van der Waals surface area contributed by atoms with Gasteiger partial charge in [-0.15, -0.1) is 0 Å². The third-order valence-corrected chi connectivity index (χ3v) is 4.83. The van der Waals surface area contributed by atoms with Gasteiger partial charge in [0.2, 0.25) is 5.91 Å². The molecule has 0 radical (unpaired) electrons. The number of carbonyl (C=O) groups excluding carboxylic acids is 2. The van der Waals surface area contributed by atoms with Gasteiger partial charge in [-0.2, -0.15) is 0 Å². The number of likely N-dealkylation sites (tertiary alicyclic amines) is 1. The van der Waals surface area contributed by atoms with Crippen molar-refractivity contribution in [3.63, 3.8) is 0 Å². The fourth-order valence-corrected chi connectivity index (χ4v) is 3.71. The van der Waals surface area contributed by atoms with Crippen LogP contribution < -0.4 is 11.1 Å². The number of morpholine rings is 1. The minimum atomic E-state index is -0.785. The second-order valence-corrected chi connectivity index (χ2v) is 6.98. The summed E-state index contributed by atoms with van der Waals surface area (Å²) >= 11 is 0. The Kier molecular flexibility index (Phi) is 6.38. The van der Waals surface area contributed by atoms with Crippen LogP contribution in [0.1, 0.15) is 33.6 Å². The normalized spacial score (nSPS) is 29.2. The van der Waals surface area contributed by atoms with E-state index in [1.54, 1.807) is 0 Å². The molecule has 2 heterocycles. The molecule has 2 aliphatic rings. The Balaban J connectivity index is 1.75. The van der Waals surface area contributed by atoms with Crippen LogP contribution in [0.2, 0.25) is 0 Å². The van der Waals surface area contributed by atoms with Crippen molar-refractivity contribution in [2.24, 2.45) is 11.7 Å². The first kappa shape index (κ1) is 18.2. The molecule has 0 unspecified atom stereocenters. The Morgan fingerprint density at radius 1 is 1.22 bits per heavy atom. The predicted molar refractivity (Wildman–Crippen MR) is 87.9 cm³/mol. The van der Waals surface area contributed by atoms with Gasteiger partial charge in [-0.25, -0.2) is 4.79 Å². The van der Waals surface area contributed by atoms with Crippen molar-refractivity contribution in [2.45, 2.75) is 51.9 Å². The minimum absolute atomic E-state index is 0.302. The summed E-state index contributed by atoms with van der Waals surface area (Å²) in [5, 5.41) is 2.16. The van der Waals surface area contributed by atoms with Crippen molar-refractivity contribution in [3.8, 4) is 0 Å². The number of ether oxygens (including phenoxy) is 1. The van der Waals surface area contributed by atoms with Crippen molar-refractivity contribution in [3.05, 3.63) is 0 Å². The van der Waals surface area contributed by atoms with Gasteiger partial charge in [0.1, 0.15) is 0 Å². The van der Waals surface area contributed by atoms with Gasteiger partial charge in [-0.3, -0.25) is 19.9 Å². The fourth-order valence-electron chi connectivity index (χ4n) is 3.71. The van der Waals surface area contributed by atoms with Crippen molar-refractivity contribution in [1.82, 2.24) is 15.1 Å². The van der Waals surface area contributed by atoms with Crippen molar-refractivity contribution in [2.75, 3.05) is 32.7 Å². The van der Waals surface area contributed by atoms with Gasteiger partial charge in [0.25, 0.3) is 0 Å². The van der Waals surface area contributed by atoms with Crippen LogP contribution in [0.15, 0.2) is 0 Å². The number of piperidine rings is 1. The number of urea groups is 1. The number of nitrogens with zero attached hydrogens (tertiary/aromatic N) is 2. The molecule has 3 amide bonds. The highest BCUT2D eigenvalue weighted by molar-refractivity contribution is 5.96. The number of hydrogen-bond acceptors (Lipinski definition) is 5. The first-order valence-electron chi connectivity index (χ1n) is 8.57. The molecule has 132 valence electrons. The molecule has 7 nitrogen and oxygen atoms in total. The van der Waals surface area contributed by atoms with E-state index in [2.05, 4.69) is 29.0 Å². The van der Waals surface area contributed by atoms with Gasteiger partial charge >= 0.3 is 6.03 Å². The van der Waals surface area contributed by atoms with E-state index < -0.39 is 6.03 Å². The lowest BCUT2D eigenvalue weighted by molar-refractivity contribution is -0.125. The summed E-state index contributed by atoms with van der Waals surface area (Å²) in [7, 11) is 0. The summed E-state index contributed by atoms with van der Waals surface area (Å²) in [5.74, 6) is 0.349. The fraction of sp³-hybridized carbons (Fsp3) is 0.875. The Morgan fingerprint density at radius 3 is 2.30 bits per heavy atom. The van der Waals surface area contributed by atoms with Crippen LogP contribution in [0, 0.1) is 5.92 Å². The molecule has 3 atom stereocenters. The second kappa shape index (κ2) is 8.08. The first-order valence-corrected chi connectivity index (χ1v) is 8.57. The third kappa shape index (κ3) is 5.44. The molecular weight excluding hydrogens is 296 g/mol. The Hall–Kier alpha value is -1.18. The van der Waals surface area contributed by atoms with Gasteiger partial charge in [-0.05, 0) is 52.6 Å². The van der Waals surface area contributed by atoms with Gasteiger partial charge in [0.15, 0.2) is 0 Å². The summed E-state index contributed by atoms with van der Waals surface area (Å²) in [4.78, 5) is 27.3. The number of rotatable bonds is 4. The minimum Gasteiger partial charge on any atom is -0.373 e. The highest BCUT2D eigenvalue weighted by Gasteiger charge is 2.29. The predicted octanol–water partition coefficient (Wildman–Crippen LogP) is 0.391. The zero-order valence-corrected chi connectivity index (χ0v) is 14.5. The lowest BCUT2D eigenvalue weighted by atomic mass is 9.94. The summed E-state index contributed by atoms with van der Waals surface area (Å²) in [6.45, 7) is 11.0. The molecule has 0 aromatic heterocycles. The highest BCUT2D eigenvalue weighted by atomic mass is 16.5. The molecule has 2 saturated heterocycles. The van der Waals surface area contributed by atoms with E-state index >= 15 is 0 Å². The van der Waals surface area contributed by atoms with Crippen molar-refractivity contribution < 1.29 is 14.3 Å². The quantitative estimate of drug-likeness (QED) is 0.780. The smallest absolute Gasteiger partial charge is 0.318 e. The van der Waals surface area contributed by atoms with E-state index in [1.807, 2.05) is 6.92 Å². The Morgan fingerprint density at radius 2 is 1.78 bits per heavy atom. The van der Waals surface area contributed by atoms with E-state index in [-0.39, 0.29) is 11.9 Å². The second-order valence-electron chi connectivity index (χ2n) is 6.98. The lowest BCUT2D eigenvalue weighted by Gasteiger charge is -2.40. The standard InChI is InChI=1S/C16H30N4O3/c1-11-8-19(9-12(2)23-11)10-14-4-6-20(7-5-14)13(3)15(21)18-16(17)22/h11-14H,4-10H2,1-3H3,(H3,17,18,21,22)/t11-,12-,13+/m1/s1. The molecular formula is C16H30N4O3. The number of primary amides is 1. The maximum absolute atomic E-state index is 11.8. The summed E-state index contributed by atoms with van der Waals surface area (Å²) in [6, 6.07) is -1.10. The molecule has 0 aromatic rings. The van der Waals surface area contributed by atoms with E-state index in [0.29, 0.717) is 18.1 Å². The number of hydrogen-bond donors (Lipinski definition) is 2. The number of nitrogens with two attached hydrogens (primary N) is 1.